The molecule has 0 unspecified atom stereocenters. The van der Waals surface area contributed by atoms with Crippen LogP contribution in [0.3, 0.4) is 0 Å². The predicted molar refractivity (Wildman–Crippen MR) is 70.7 cm³/mol. The molecule has 0 aliphatic carbocycles. The maximum atomic E-state index is 11.4. The molecule has 0 bridgehead atoms. The fourth-order valence-corrected chi connectivity index (χ4v) is 1.41. The molecule has 1 aromatic rings. The first-order valence-corrected chi connectivity index (χ1v) is 6.11. The molecule has 0 aliphatic rings. The van der Waals surface area contributed by atoms with Gasteiger partial charge < -0.3 is 10.6 Å². The molecule has 0 spiro atoms. The van der Waals surface area contributed by atoms with Crippen LogP contribution in [0.2, 0.25) is 0 Å². The monoisotopic (exact) mass is 234 g/mol. The van der Waals surface area contributed by atoms with Crippen molar-refractivity contribution in [1.82, 2.24) is 10.6 Å². The number of rotatable bonds is 6. The third kappa shape index (κ3) is 6.07. The lowest BCUT2D eigenvalue weighted by molar-refractivity contribution is -0.120. The third-order valence-electron chi connectivity index (χ3n) is 2.44. The van der Waals surface area contributed by atoms with Gasteiger partial charge in [-0.25, -0.2) is 0 Å². The van der Waals surface area contributed by atoms with Crippen LogP contribution in [-0.2, 0) is 11.3 Å². The molecule has 1 rings (SSSR count). The van der Waals surface area contributed by atoms with Crippen LogP contribution in [0.4, 0.5) is 0 Å². The van der Waals surface area contributed by atoms with Gasteiger partial charge in [-0.3, -0.25) is 4.79 Å². The number of amides is 1. The highest BCUT2D eigenvalue weighted by Gasteiger charge is 2.01. The van der Waals surface area contributed by atoms with Crippen LogP contribution < -0.4 is 10.6 Å². The number of nitrogens with one attached hydrogen (secondary N) is 2. The van der Waals surface area contributed by atoms with Crippen molar-refractivity contribution in [1.29, 1.82) is 0 Å². The molecular formula is C14H22N2O. The second-order valence-corrected chi connectivity index (χ2v) is 4.79. The van der Waals surface area contributed by atoms with Crippen LogP contribution in [0.1, 0.15) is 25.0 Å². The zero-order chi connectivity index (χ0) is 12.7. The number of hydrogen-bond acceptors (Lipinski definition) is 2. The first-order valence-electron chi connectivity index (χ1n) is 6.11. The molecule has 0 saturated carbocycles. The zero-order valence-corrected chi connectivity index (χ0v) is 10.9. The number of benzene rings is 1. The van der Waals surface area contributed by atoms with Crippen molar-refractivity contribution in [2.75, 3.05) is 13.1 Å². The smallest absolute Gasteiger partial charge is 0.233 e. The summed E-state index contributed by atoms with van der Waals surface area (Å²) in [6, 6.07) is 8.31. The summed E-state index contributed by atoms with van der Waals surface area (Å²) < 4.78 is 0. The van der Waals surface area contributed by atoms with Crippen molar-refractivity contribution in [3.8, 4) is 0 Å². The molecule has 0 aliphatic heterocycles. The Balaban J connectivity index is 2.19. The molecule has 1 amide bonds. The van der Waals surface area contributed by atoms with E-state index in [1.165, 1.54) is 11.1 Å². The topological polar surface area (TPSA) is 41.1 Å². The SMILES string of the molecule is Cc1ccc(CNCC(=O)NCC(C)C)cc1. The average molecular weight is 234 g/mol. The summed E-state index contributed by atoms with van der Waals surface area (Å²) in [6.45, 7) is 8.08. The molecule has 0 aromatic heterocycles. The quantitative estimate of drug-likeness (QED) is 0.789. The van der Waals surface area contributed by atoms with Gasteiger partial charge in [0.1, 0.15) is 0 Å². The Morgan fingerprint density at radius 3 is 2.47 bits per heavy atom. The van der Waals surface area contributed by atoms with Gasteiger partial charge in [0.25, 0.3) is 0 Å². The van der Waals surface area contributed by atoms with E-state index in [-0.39, 0.29) is 5.91 Å². The van der Waals surface area contributed by atoms with Crippen LogP contribution in [0.5, 0.6) is 0 Å². The summed E-state index contributed by atoms with van der Waals surface area (Å²) >= 11 is 0. The summed E-state index contributed by atoms with van der Waals surface area (Å²) in [5.74, 6) is 0.557. The van der Waals surface area contributed by atoms with Gasteiger partial charge in [0, 0.05) is 13.1 Å². The molecule has 0 fully saturated rings. The van der Waals surface area contributed by atoms with Gasteiger partial charge in [0.2, 0.25) is 5.91 Å². The van der Waals surface area contributed by atoms with Gasteiger partial charge in [-0.05, 0) is 18.4 Å². The van der Waals surface area contributed by atoms with Crippen LogP contribution in [-0.4, -0.2) is 19.0 Å². The molecule has 0 heterocycles. The highest BCUT2D eigenvalue weighted by molar-refractivity contribution is 5.77. The van der Waals surface area contributed by atoms with E-state index in [9.17, 15) is 4.79 Å². The van der Waals surface area contributed by atoms with Crippen molar-refractivity contribution in [2.45, 2.75) is 27.3 Å². The predicted octanol–water partition coefficient (Wildman–Crippen LogP) is 1.86. The van der Waals surface area contributed by atoms with Crippen LogP contribution in [0.25, 0.3) is 0 Å². The Hall–Kier alpha value is -1.35. The van der Waals surface area contributed by atoms with E-state index in [2.05, 4.69) is 55.7 Å². The number of hydrogen-bond donors (Lipinski definition) is 2. The second kappa shape index (κ2) is 7.07. The van der Waals surface area contributed by atoms with Crippen LogP contribution in [0.15, 0.2) is 24.3 Å². The van der Waals surface area contributed by atoms with E-state index in [1.54, 1.807) is 0 Å². The Morgan fingerprint density at radius 1 is 1.24 bits per heavy atom. The molecule has 3 nitrogen and oxygen atoms in total. The minimum atomic E-state index is 0.0609. The maximum absolute atomic E-state index is 11.4. The standard InChI is InChI=1S/C14H22N2O/c1-11(2)8-16-14(17)10-15-9-13-6-4-12(3)5-7-13/h4-7,11,15H,8-10H2,1-3H3,(H,16,17). The van der Waals surface area contributed by atoms with Crippen molar-refractivity contribution >= 4 is 5.91 Å². The van der Waals surface area contributed by atoms with Crippen molar-refractivity contribution < 1.29 is 4.79 Å². The maximum Gasteiger partial charge on any atom is 0.233 e. The molecule has 17 heavy (non-hydrogen) atoms. The minimum absolute atomic E-state index is 0.0609. The minimum Gasteiger partial charge on any atom is -0.355 e. The van der Waals surface area contributed by atoms with Gasteiger partial charge >= 0.3 is 0 Å². The molecular weight excluding hydrogens is 212 g/mol. The second-order valence-electron chi connectivity index (χ2n) is 4.79. The van der Waals surface area contributed by atoms with E-state index in [0.717, 1.165) is 13.1 Å². The first kappa shape index (κ1) is 13.7. The first-order chi connectivity index (χ1) is 8.08. The molecule has 94 valence electrons. The van der Waals surface area contributed by atoms with Gasteiger partial charge in [-0.1, -0.05) is 43.7 Å². The summed E-state index contributed by atoms with van der Waals surface area (Å²) in [7, 11) is 0. The number of carbonyl (C=O) groups excluding carboxylic acids is 1. The van der Waals surface area contributed by atoms with Gasteiger partial charge in [0.05, 0.1) is 6.54 Å². The van der Waals surface area contributed by atoms with E-state index in [4.69, 9.17) is 0 Å². The van der Waals surface area contributed by atoms with Crippen LogP contribution >= 0.6 is 0 Å². The fourth-order valence-electron chi connectivity index (χ4n) is 1.41. The fraction of sp³-hybridized carbons (Fsp3) is 0.500. The number of aryl methyl sites for hydroxylation is 1. The molecule has 2 N–H and O–H groups in total. The lowest BCUT2D eigenvalue weighted by Gasteiger charge is -2.08. The summed E-state index contributed by atoms with van der Waals surface area (Å²) in [4.78, 5) is 11.4. The molecule has 3 heteroatoms. The summed E-state index contributed by atoms with van der Waals surface area (Å²) in [6.07, 6.45) is 0. The molecule has 0 saturated heterocycles. The lowest BCUT2D eigenvalue weighted by Crippen LogP contribution is -2.35. The van der Waals surface area contributed by atoms with Crippen molar-refractivity contribution in [3.63, 3.8) is 0 Å². The van der Waals surface area contributed by atoms with E-state index < -0.39 is 0 Å². The van der Waals surface area contributed by atoms with E-state index in [1.807, 2.05) is 0 Å². The zero-order valence-electron chi connectivity index (χ0n) is 10.9. The molecule has 1 aromatic carbocycles. The molecule has 0 radical (unpaired) electrons. The highest BCUT2D eigenvalue weighted by Crippen LogP contribution is 2.01. The Bertz CT molecular complexity index is 344. The average Bonchev–Trinajstić information content (AvgIpc) is 2.29. The van der Waals surface area contributed by atoms with E-state index >= 15 is 0 Å². The van der Waals surface area contributed by atoms with Crippen molar-refractivity contribution in [3.05, 3.63) is 35.4 Å². The normalized spacial score (nSPS) is 10.6. The van der Waals surface area contributed by atoms with E-state index in [0.29, 0.717) is 12.5 Å². The lowest BCUT2D eigenvalue weighted by atomic mass is 10.1. The van der Waals surface area contributed by atoms with Gasteiger partial charge in [-0.15, -0.1) is 0 Å². The van der Waals surface area contributed by atoms with Crippen LogP contribution in [0, 0.1) is 12.8 Å². The Morgan fingerprint density at radius 2 is 1.88 bits per heavy atom. The summed E-state index contributed by atoms with van der Waals surface area (Å²) in [5, 5.41) is 6.01. The largest absolute Gasteiger partial charge is 0.355 e. The summed E-state index contributed by atoms with van der Waals surface area (Å²) in [5.41, 5.74) is 2.45. The van der Waals surface area contributed by atoms with Gasteiger partial charge in [0.15, 0.2) is 0 Å². The molecule has 0 atom stereocenters. The van der Waals surface area contributed by atoms with Crippen molar-refractivity contribution in [2.24, 2.45) is 5.92 Å². The van der Waals surface area contributed by atoms with Gasteiger partial charge in [-0.2, -0.15) is 0 Å². The number of carbonyl (C=O) groups is 1. The Kier molecular flexibility index (Phi) is 5.70. The Labute approximate surface area is 104 Å². The third-order valence-corrected chi connectivity index (χ3v) is 2.44. The highest BCUT2D eigenvalue weighted by atomic mass is 16.1.